The first-order chi connectivity index (χ1) is 14.5. The Morgan fingerprint density at radius 1 is 1.23 bits per heavy atom. The number of carbonyl (C=O) groups excluding carboxylic acids is 1. The molecule has 0 bridgehead atoms. The summed E-state index contributed by atoms with van der Waals surface area (Å²) in [5.41, 5.74) is 2.53. The molecular formula is C22H21Cl2N3O3. The number of ether oxygens (including phenoxy) is 1. The summed E-state index contributed by atoms with van der Waals surface area (Å²) >= 11 is 12.5. The summed E-state index contributed by atoms with van der Waals surface area (Å²) in [5, 5.41) is 8.00. The molecule has 1 N–H and O–H groups in total. The van der Waals surface area contributed by atoms with E-state index < -0.39 is 0 Å². The molecule has 1 atom stereocenters. The van der Waals surface area contributed by atoms with Gasteiger partial charge in [0.1, 0.15) is 17.6 Å². The Hall–Kier alpha value is -2.54. The van der Waals surface area contributed by atoms with Gasteiger partial charge in [0, 0.05) is 21.7 Å². The van der Waals surface area contributed by atoms with Gasteiger partial charge in [-0.2, -0.15) is 0 Å². The molecule has 1 aromatic heterocycles. The van der Waals surface area contributed by atoms with E-state index >= 15 is 0 Å². The van der Waals surface area contributed by atoms with Crippen LogP contribution >= 0.6 is 23.2 Å². The number of rotatable bonds is 6. The van der Waals surface area contributed by atoms with Crippen LogP contribution in [0.2, 0.25) is 10.0 Å². The first kappa shape index (κ1) is 20.7. The molecule has 6 nitrogen and oxygen atoms in total. The number of carbonyl (C=O) groups is 1. The van der Waals surface area contributed by atoms with Crippen LogP contribution in [0, 0.1) is 6.92 Å². The molecule has 1 saturated heterocycles. The number of amides is 2. The lowest BCUT2D eigenvalue weighted by Crippen LogP contribution is -2.57. The largest absolute Gasteiger partial charge is 0.362 e. The van der Waals surface area contributed by atoms with Crippen molar-refractivity contribution < 1.29 is 14.1 Å². The van der Waals surface area contributed by atoms with Gasteiger partial charge in [0.2, 0.25) is 0 Å². The maximum Gasteiger partial charge on any atom is 0.317 e. The van der Waals surface area contributed by atoms with Gasteiger partial charge >= 0.3 is 6.03 Å². The van der Waals surface area contributed by atoms with E-state index in [1.165, 1.54) is 0 Å². The summed E-state index contributed by atoms with van der Waals surface area (Å²) in [6.45, 7) is 3.13. The summed E-state index contributed by atoms with van der Waals surface area (Å²) in [6.07, 6.45) is -0.439. The zero-order valence-electron chi connectivity index (χ0n) is 16.3. The van der Waals surface area contributed by atoms with Gasteiger partial charge in [-0.1, -0.05) is 58.7 Å². The Morgan fingerprint density at radius 3 is 2.63 bits per heavy atom. The minimum atomic E-state index is -0.343. The third-order valence-corrected chi connectivity index (χ3v) is 5.52. The second-order valence-electron chi connectivity index (χ2n) is 7.20. The molecule has 2 aromatic carbocycles. The van der Waals surface area contributed by atoms with Gasteiger partial charge in [-0.15, -0.1) is 0 Å². The van der Waals surface area contributed by atoms with E-state index in [4.69, 9.17) is 32.5 Å². The minimum Gasteiger partial charge on any atom is -0.362 e. The van der Waals surface area contributed by atoms with Crippen LogP contribution in [-0.2, 0) is 11.3 Å². The van der Waals surface area contributed by atoms with Crippen molar-refractivity contribution in [2.24, 2.45) is 0 Å². The predicted molar refractivity (Wildman–Crippen MR) is 115 cm³/mol. The number of hydrogen-bond acceptors (Lipinski definition) is 4. The number of halogens is 2. The van der Waals surface area contributed by atoms with Crippen LogP contribution in [0.1, 0.15) is 28.7 Å². The number of likely N-dealkylation sites (tertiary alicyclic amines) is 1. The van der Waals surface area contributed by atoms with E-state index in [0.29, 0.717) is 41.1 Å². The van der Waals surface area contributed by atoms with Gasteiger partial charge in [-0.3, -0.25) is 0 Å². The number of benzene rings is 2. The molecule has 0 aliphatic carbocycles. The third-order valence-electron chi connectivity index (χ3n) is 4.92. The fourth-order valence-electron chi connectivity index (χ4n) is 3.32. The Morgan fingerprint density at radius 2 is 1.97 bits per heavy atom. The van der Waals surface area contributed by atoms with Crippen LogP contribution in [0.5, 0.6) is 0 Å². The molecule has 3 aromatic rings. The number of nitrogens with zero attached hydrogens (tertiary/aromatic N) is 2. The van der Waals surface area contributed by atoms with Crippen molar-refractivity contribution in [1.29, 1.82) is 0 Å². The Bertz CT molecular complexity index is 1020. The fourth-order valence-corrected chi connectivity index (χ4v) is 3.68. The van der Waals surface area contributed by atoms with E-state index in [0.717, 1.165) is 11.1 Å². The number of urea groups is 1. The van der Waals surface area contributed by atoms with Gasteiger partial charge in [-0.05, 0) is 30.7 Å². The lowest BCUT2D eigenvalue weighted by atomic mass is 10.0. The first-order valence-corrected chi connectivity index (χ1v) is 10.4. The van der Waals surface area contributed by atoms with E-state index in [2.05, 4.69) is 10.5 Å². The van der Waals surface area contributed by atoms with Crippen molar-refractivity contribution in [3.8, 4) is 0 Å². The fraction of sp³-hybridized carbons (Fsp3) is 0.273. The lowest BCUT2D eigenvalue weighted by molar-refractivity contribution is -0.0645. The molecule has 2 heterocycles. The smallest absolute Gasteiger partial charge is 0.317 e. The van der Waals surface area contributed by atoms with E-state index in [1.807, 2.05) is 55.5 Å². The lowest BCUT2D eigenvalue weighted by Gasteiger charge is -2.40. The van der Waals surface area contributed by atoms with Crippen molar-refractivity contribution in [2.75, 3.05) is 13.1 Å². The van der Waals surface area contributed by atoms with Crippen LogP contribution in [-0.4, -0.2) is 35.3 Å². The molecule has 1 aliphatic heterocycles. The molecule has 0 saturated carbocycles. The van der Waals surface area contributed by atoms with Crippen molar-refractivity contribution in [1.82, 2.24) is 15.4 Å². The summed E-state index contributed by atoms with van der Waals surface area (Å²) < 4.78 is 11.4. The van der Waals surface area contributed by atoms with Crippen molar-refractivity contribution in [3.05, 3.63) is 87.2 Å². The zero-order valence-corrected chi connectivity index (χ0v) is 17.9. The highest BCUT2D eigenvalue weighted by molar-refractivity contribution is 6.31. The minimum absolute atomic E-state index is 0.0954. The Labute approximate surface area is 184 Å². The highest BCUT2D eigenvalue weighted by atomic mass is 35.5. The maximum atomic E-state index is 12.3. The zero-order chi connectivity index (χ0) is 21.1. The molecule has 0 radical (unpaired) electrons. The quantitative estimate of drug-likeness (QED) is 0.580. The predicted octanol–water partition coefficient (Wildman–Crippen LogP) is 4.99. The van der Waals surface area contributed by atoms with Gasteiger partial charge in [0.05, 0.1) is 25.7 Å². The van der Waals surface area contributed by atoms with E-state index in [1.54, 1.807) is 11.0 Å². The average molecular weight is 446 g/mol. The highest BCUT2D eigenvalue weighted by Gasteiger charge is 2.34. The second kappa shape index (κ2) is 9.08. The van der Waals surface area contributed by atoms with Crippen LogP contribution in [0.25, 0.3) is 0 Å². The summed E-state index contributed by atoms with van der Waals surface area (Å²) in [5.74, 6) is 0.712. The van der Waals surface area contributed by atoms with Gasteiger partial charge in [0.25, 0.3) is 0 Å². The maximum absolute atomic E-state index is 12.3. The third kappa shape index (κ3) is 4.78. The number of nitrogens with one attached hydrogen (secondary N) is 1. The molecule has 30 heavy (non-hydrogen) atoms. The SMILES string of the molecule is Cc1cc(CNC(=O)N2CC(OC(c3ccc(Cl)cc3)c3ccccc3Cl)C2)no1. The van der Waals surface area contributed by atoms with Gasteiger partial charge < -0.3 is 19.5 Å². The average Bonchev–Trinajstić information content (AvgIpc) is 3.12. The summed E-state index contributed by atoms with van der Waals surface area (Å²) in [4.78, 5) is 14.0. The normalized spacial score (nSPS) is 15.0. The van der Waals surface area contributed by atoms with Gasteiger partial charge in [-0.25, -0.2) is 4.79 Å². The number of aromatic nitrogens is 1. The van der Waals surface area contributed by atoms with Crippen molar-refractivity contribution in [3.63, 3.8) is 0 Å². The molecule has 1 fully saturated rings. The molecular weight excluding hydrogens is 425 g/mol. The summed E-state index contributed by atoms with van der Waals surface area (Å²) in [7, 11) is 0. The molecule has 1 unspecified atom stereocenters. The number of hydrogen-bond donors (Lipinski definition) is 1. The summed E-state index contributed by atoms with van der Waals surface area (Å²) in [6, 6.07) is 16.8. The standard InChI is InChI=1S/C22H21Cl2N3O3/c1-14-10-17(26-30-14)11-25-22(28)27-12-18(13-27)29-21(15-6-8-16(23)9-7-15)19-4-2-3-5-20(19)24/h2-10,18,21H,11-13H2,1H3,(H,25,28). The molecule has 0 spiro atoms. The van der Waals surface area contributed by atoms with Gasteiger partial charge in [0.15, 0.2) is 0 Å². The van der Waals surface area contributed by atoms with Crippen LogP contribution in [0.3, 0.4) is 0 Å². The monoisotopic (exact) mass is 445 g/mol. The van der Waals surface area contributed by atoms with Crippen LogP contribution < -0.4 is 5.32 Å². The van der Waals surface area contributed by atoms with Crippen molar-refractivity contribution in [2.45, 2.75) is 25.7 Å². The molecule has 2 amide bonds. The molecule has 4 rings (SSSR count). The topological polar surface area (TPSA) is 67.6 Å². The Balaban J connectivity index is 1.38. The first-order valence-electron chi connectivity index (χ1n) is 9.60. The van der Waals surface area contributed by atoms with Crippen LogP contribution in [0.4, 0.5) is 4.79 Å². The molecule has 8 heteroatoms. The highest BCUT2D eigenvalue weighted by Crippen LogP contribution is 2.34. The second-order valence-corrected chi connectivity index (χ2v) is 8.05. The van der Waals surface area contributed by atoms with E-state index in [9.17, 15) is 4.79 Å². The molecule has 156 valence electrons. The van der Waals surface area contributed by atoms with E-state index in [-0.39, 0.29) is 18.2 Å². The van der Waals surface area contributed by atoms with Crippen LogP contribution in [0.15, 0.2) is 59.1 Å². The Kier molecular flexibility index (Phi) is 6.27. The number of aryl methyl sites for hydroxylation is 1. The van der Waals surface area contributed by atoms with Crippen molar-refractivity contribution >= 4 is 29.2 Å². The molecule has 1 aliphatic rings.